The third-order valence-corrected chi connectivity index (χ3v) is 5.26. The lowest BCUT2D eigenvalue weighted by atomic mass is 10.1. The molecule has 0 atom stereocenters. The number of anilines is 2. The van der Waals surface area contributed by atoms with Crippen molar-refractivity contribution in [1.82, 2.24) is 4.90 Å². The van der Waals surface area contributed by atoms with Gasteiger partial charge in [0.25, 0.3) is 5.91 Å². The van der Waals surface area contributed by atoms with Gasteiger partial charge in [0.05, 0.1) is 19.2 Å². The predicted molar refractivity (Wildman–Crippen MR) is 118 cm³/mol. The maximum absolute atomic E-state index is 12.6. The van der Waals surface area contributed by atoms with Crippen molar-refractivity contribution in [3.8, 4) is 11.5 Å². The lowest BCUT2D eigenvalue weighted by molar-refractivity contribution is 0.102. The summed E-state index contributed by atoms with van der Waals surface area (Å²) in [6, 6.07) is 9.98. The van der Waals surface area contributed by atoms with Gasteiger partial charge in [-0.1, -0.05) is 24.4 Å². The number of amides is 3. The van der Waals surface area contributed by atoms with Gasteiger partial charge in [0, 0.05) is 30.0 Å². The molecular formula is C22H26ClN3O4. The third-order valence-electron chi connectivity index (χ3n) is 4.98. The molecule has 0 aliphatic carbocycles. The minimum atomic E-state index is -0.334. The number of ether oxygens (including phenoxy) is 2. The molecule has 3 rings (SSSR count). The molecule has 2 aromatic rings. The number of benzene rings is 2. The van der Waals surface area contributed by atoms with Gasteiger partial charge in [0.1, 0.15) is 0 Å². The first-order valence-corrected chi connectivity index (χ1v) is 10.3. The summed E-state index contributed by atoms with van der Waals surface area (Å²) < 4.78 is 10.4. The Labute approximate surface area is 181 Å². The molecule has 1 saturated heterocycles. The number of nitrogens with one attached hydrogen (secondary N) is 2. The van der Waals surface area contributed by atoms with Gasteiger partial charge in [-0.05, 0) is 49.2 Å². The quantitative estimate of drug-likeness (QED) is 0.696. The van der Waals surface area contributed by atoms with Crippen LogP contribution < -0.4 is 20.1 Å². The van der Waals surface area contributed by atoms with E-state index in [1.165, 1.54) is 33.1 Å². The molecule has 3 amide bonds. The van der Waals surface area contributed by atoms with Gasteiger partial charge in [-0.25, -0.2) is 4.79 Å². The van der Waals surface area contributed by atoms with Crippen LogP contribution in [0.15, 0.2) is 36.4 Å². The van der Waals surface area contributed by atoms with Crippen molar-refractivity contribution in [2.75, 3.05) is 37.9 Å². The van der Waals surface area contributed by atoms with E-state index in [0.29, 0.717) is 28.4 Å². The standard InChI is InChI=1S/C22H26ClN3O4/c1-29-19-14-15(13-18(23)20(19)30-2)21(27)24-16-7-9-17(10-8-16)25-22(28)26-11-5-3-4-6-12-26/h7-10,13-14H,3-6,11-12H2,1-2H3,(H,24,27)(H,25,28). The molecule has 0 spiro atoms. The van der Waals surface area contributed by atoms with Gasteiger partial charge < -0.3 is 25.0 Å². The number of hydrogen-bond acceptors (Lipinski definition) is 4. The smallest absolute Gasteiger partial charge is 0.321 e. The zero-order valence-corrected chi connectivity index (χ0v) is 17.9. The van der Waals surface area contributed by atoms with Crippen LogP contribution in [0.5, 0.6) is 11.5 Å². The highest BCUT2D eigenvalue weighted by Crippen LogP contribution is 2.36. The number of urea groups is 1. The van der Waals surface area contributed by atoms with Crippen LogP contribution in [0.3, 0.4) is 0 Å². The molecule has 2 N–H and O–H groups in total. The first-order valence-electron chi connectivity index (χ1n) is 9.90. The van der Waals surface area contributed by atoms with Gasteiger partial charge in [0.2, 0.25) is 0 Å². The SMILES string of the molecule is COc1cc(C(=O)Nc2ccc(NC(=O)N3CCCCCC3)cc2)cc(Cl)c1OC. The van der Waals surface area contributed by atoms with E-state index in [9.17, 15) is 9.59 Å². The van der Waals surface area contributed by atoms with Crippen molar-refractivity contribution in [3.63, 3.8) is 0 Å². The Hall–Kier alpha value is -2.93. The topological polar surface area (TPSA) is 79.9 Å². The minimum absolute atomic E-state index is 0.0892. The zero-order chi connectivity index (χ0) is 21.5. The molecule has 0 bridgehead atoms. The zero-order valence-electron chi connectivity index (χ0n) is 17.2. The van der Waals surface area contributed by atoms with Crippen LogP contribution in [-0.2, 0) is 0 Å². The lowest BCUT2D eigenvalue weighted by Crippen LogP contribution is -2.35. The maximum atomic E-state index is 12.6. The summed E-state index contributed by atoms with van der Waals surface area (Å²) in [6.45, 7) is 1.57. The Bertz CT molecular complexity index is 894. The number of carbonyl (C=O) groups excluding carboxylic acids is 2. The van der Waals surface area contributed by atoms with Crippen LogP contribution in [0.25, 0.3) is 0 Å². The largest absolute Gasteiger partial charge is 0.493 e. The highest BCUT2D eigenvalue weighted by Gasteiger charge is 2.17. The summed E-state index contributed by atoms with van der Waals surface area (Å²) in [5, 5.41) is 6.01. The summed E-state index contributed by atoms with van der Waals surface area (Å²) in [7, 11) is 2.96. The van der Waals surface area contributed by atoms with Gasteiger partial charge in [-0.3, -0.25) is 4.79 Å². The lowest BCUT2D eigenvalue weighted by Gasteiger charge is -2.20. The van der Waals surface area contributed by atoms with Gasteiger partial charge in [0.15, 0.2) is 11.5 Å². The van der Waals surface area contributed by atoms with E-state index in [4.69, 9.17) is 21.1 Å². The molecule has 2 aromatic carbocycles. The summed E-state index contributed by atoms with van der Waals surface area (Å²) in [5.41, 5.74) is 1.62. The highest BCUT2D eigenvalue weighted by molar-refractivity contribution is 6.32. The van der Waals surface area contributed by atoms with Crippen molar-refractivity contribution in [2.24, 2.45) is 0 Å². The van der Waals surface area contributed by atoms with Gasteiger partial charge in [-0.15, -0.1) is 0 Å². The number of carbonyl (C=O) groups is 2. The number of halogens is 1. The summed E-state index contributed by atoms with van der Waals surface area (Å²) in [6.07, 6.45) is 4.42. The Morgan fingerprint density at radius 2 is 1.50 bits per heavy atom. The molecule has 7 nitrogen and oxygen atoms in total. The molecule has 30 heavy (non-hydrogen) atoms. The second-order valence-electron chi connectivity index (χ2n) is 7.06. The maximum Gasteiger partial charge on any atom is 0.321 e. The van der Waals surface area contributed by atoms with E-state index in [1.807, 2.05) is 4.90 Å². The van der Waals surface area contributed by atoms with Crippen molar-refractivity contribution < 1.29 is 19.1 Å². The molecule has 1 aliphatic rings. The molecule has 8 heteroatoms. The molecule has 0 aromatic heterocycles. The number of rotatable bonds is 5. The average Bonchev–Trinajstić information content (AvgIpc) is 3.04. The first-order chi connectivity index (χ1) is 14.5. The van der Waals surface area contributed by atoms with Crippen LogP contribution in [0, 0.1) is 0 Å². The van der Waals surface area contributed by atoms with E-state index < -0.39 is 0 Å². The van der Waals surface area contributed by atoms with Crippen LogP contribution in [0.2, 0.25) is 5.02 Å². The first kappa shape index (κ1) is 21.8. The normalized spacial score (nSPS) is 13.9. The number of hydrogen-bond donors (Lipinski definition) is 2. The Balaban J connectivity index is 1.63. The van der Waals surface area contributed by atoms with Gasteiger partial charge >= 0.3 is 6.03 Å². The van der Waals surface area contributed by atoms with Crippen molar-refractivity contribution >= 4 is 34.9 Å². The van der Waals surface area contributed by atoms with Crippen LogP contribution >= 0.6 is 11.6 Å². The van der Waals surface area contributed by atoms with Crippen molar-refractivity contribution in [3.05, 3.63) is 47.0 Å². The van der Waals surface area contributed by atoms with Gasteiger partial charge in [-0.2, -0.15) is 0 Å². The molecule has 0 unspecified atom stereocenters. The van der Waals surface area contributed by atoms with Crippen LogP contribution in [0.1, 0.15) is 36.0 Å². The van der Waals surface area contributed by atoms with Crippen molar-refractivity contribution in [2.45, 2.75) is 25.7 Å². The van der Waals surface area contributed by atoms with E-state index in [-0.39, 0.29) is 17.0 Å². The number of likely N-dealkylation sites (tertiary alicyclic amines) is 1. The average molecular weight is 432 g/mol. The minimum Gasteiger partial charge on any atom is -0.493 e. The van der Waals surface area contributed by atoms with Crippen molar-refractivity contribution in [1.29, 1.82) is 0 Å². The fraction of sp³-hybridized carbons (Fsp3) is 0.364. The fourth-order valence-corrected chi connectivity index (χ4v) is 3.65. The number of nitrogens with zero attached hydrogens (tertiary/aromatic N) is 1. The Morgan fingerprint density at radius 3 is 2.07 bits per heavy atom. The predicted octanol–water partition coefficient (Wildman–Crippen LogP) is 5.02. The summed E-state index contributed by atoms with van der Waals surface area (Å²) in [4.78, 5) is 26.9. The van der Waals surface area contributed by atoms with E-state index in [1.54, 1.807) is 30.3 Å². The van der Waals surface area contributed by atoms with Crippen LogP contribution in [-0.4, -0.2) is 44.1 Å². The third kappa shape index (κ3) is 5.36. The molecule has 160 valence electrons. The second kappa shape index (κ2) is 10.2. The molecule has 1 fully saturated rings. The monoisotopic (exact) mass is 431 g/mol. The molecule has 0 saturated carbocycles. The molecule has 0 radical (unpaired) electrons. The van der Waals surface area contributed by atoms with E-state index in [2.05, 4.69) is 10.6 Å². The summed E-state index contributed by atoms with van der Waals surface area (Å²) in [5.74, 6) is 0.418. The fourth-order valence-electron chi connectivity index (χ4n) is 3.37. The number of methoxy groups -OCH3 is 2. The second-order valence-corrected chi connectivity index (χ2v) is 7.46. The highest BCUT2D eigenvalue weighted by atomic mass is 35.5. The molecule has 1 aliphatic heterocycles. The van der Waals surface area contributed by atoms with E-state index in [0.717, 1.165) is 25.9 Å². The Morgan fingerprint density at radius 1 is 0.900 bits per heavy atom. The Kier molecular flexibility index (Phi) is 7.41. The summed E-state index contributed by atoms with van der Waals surface area (Å²) >= 11 is 6.17. The van der Waals surface area contributed by atoms with E-state index >= 15 is 0 Å². The molecular weight excluding hydrogens is 406 g/mol. The van der Waals surface area contributed by atoms with Crippen LogP contribution in [0.4, 0.5) is 16.2 Å². The molecule has 1 heterocycles.